The average Bonchev–Trinajstić information content (AvgIpc) is 3.89. The Labute approximate surface area is 312 Å². The first-order chi connectivity index (χ1) is 25.4. The number of halogens is 4. The van der Waals surface area contributed by atoms with Gasteiger partial charge < -0.3 is 36.4 Å². The largest absolute Gasteiger partial charge is 0.480 e. The first-order valence-corrected chi connectivity index (χ1v) is 16.9. The van der Waals surface area contributed by atoms with Gasteiger partial charge in [-0.25, -0.2) is 4.79 Å². The fourth-order valence-electron chi connectivity index (χ4n) is 5.08. The number of hydrogen-bond acceptors (Lipinski definition) is 10. The normalized spacial score (nSPS) is 13.9. The lowest BCUT2D eigenvalue weighted by atomic mass is 9.87. The minimum Gasteiger partial charge on any atom is -0.480 e. The van der Waals surface area contributed by atoms with Crippen molar-refractivity contribution in [2.75, 3.05) is 29.1 Å². The maximum absolute atomic E-state index is 12.9. The van der Waals surface area contributed by atoms with Gasteiger partial charge in [0, 0.05) is 28.5 Å². The fourth-order valence-corrected chi connectivity index (χ4v) is 5.20. The van der Waals surface area contributed by atoms with Gasteiger partial charge in [0.25, 0.3) is 5.91 Å². The maximum atomic E-state index is 12.9. The van der Waals surface area contributed by atoms with Crippen molar-refractivity contribution in [3.63, 3.8) is 0 Å². The molecule has 18 heteroatoms. The molecule has 0 aliphatic heterocycles. The van der Waals surface area contributed by atoms with Crippen molar-refractivity contribution in [2.45, 2.75) is 56.8 Å². The number of nitrogens with one attached hydrogen (secondary N) is 5. The van der Waals surface area contributed by atoms with Crippen LogP contribution < -0.4 is 31.3 Å². The standard InChI is InChI=1S/C36H36ClF3N8O6/c1-34(2,3)22-5-4-6-25(17-22)42-29(51)28(50)41-18-26(30(52)53)44-27(49)20-7-13-24(14-8-20)43-31-45-32(47-33(46-31)54-19-36(38,39)40)48-35(15-16-35)21-9-11-23(37)12-10-21/h4-14,17,26H,15-16,18-19H2,1-3H3,(H,41,50)(H,42,51)(H,44,49)(H,52,53)(H2,43,45,46,47,48)/t26-/m0/s1. The van der Waals surface area contributed by atoms with Crippen LogP contribution in [0.5, 0.6) is 6.01 Å². The number of anilines is 4. The Morgan fingerprint density at radius 1 is 0.889 bits per heavy atom. The predicted molar refractivity (Wildman–Crippen MR) is 193 cm³/mol. The number of carbonyl (C=O) groups excluding carboxylic acids is 3. The van der Waals surface area contributed by atoms with Crippen LogP contribution in [0, 0.1) is 0 Å². The molecule has 4 aromatic rings. The van der Waals surface area contributed by atoms with Crippen LogP contribution in [-0.4, -0.2) is 69.1 Å². The Balaban J connectivity index is 1.21. The Kier molecular flexibility index (Phi) is 11.6. The molecule has 0 bridgehead atoms. The molecule has 1 aromatic heterocycles. The molecule has 3 aromatic carbocycles. The van der Waals surface area contributed by atoms with E-state index >= 15 is 0 Å². The minimum atomic E-state index is -4.65. The van der Waals surface area contributed by atoms with E-state index in [-0.39, 0.29) is 22.9 Å². The number of alkyl halides is 3. The van der Waals surface area contributed by atoms with Crippen LogP contribution in [0.4, 0.5) is 36.4 Å². The molecule has 0 spiro atoms. The van der Waals surface area contributed by atoms with E-state index in [9.17, 15) is 37.5 Å². The summed E-state index contributed by atoms with van der Waals surface area (Å²) in [6.07, 6.45) is -3.25. The van der Waals surface area contributed by atoms with Crippen LogP contribution in [-0.2, 0) is 25.3 Å². The lowest BCUT2D eigenvalue weighted by Gasteiger charge is -2.20. The van der Waals surface area contributed by atoms with Crippen LogP contribution in [0.2, 0.25) is 5.02 Å². The van der Waals surface area contributed by atoms with Crippen molar-refractivity contribution in [2.24, 2.45) is 0 Å². The number of carbonyl (C=O) groups is 4. The second-order valence-corrected chi connectivity index (χ2v) is 13.9. The van der Waals surface area contributed by atoms with Gasteiger partial charge in [0.1, 0.15) is 6.04 Å². The predicted octanol–water partition coefficient (Wildman–Crippen LogP) is 5.55. The SMILES string of the molecule is CC(C)(C)c1cccc(NC(=O)C(=O)NC[C@H](NC(=O)c2ccc(Nc3nc(NC4(c5ccc(Cl)cc5)CC4)nc(OCC(F)(F)F)n3)cc2)C(=O)O)c1. The van der Waals surface area contributed by atoms with Crippen LogP contribution in [0.3, 0.4) is 0 Å². The minimum absolute atomic E-state index is 0.0282. The number of hydrogen-bond donors (Lipinski definition) is 6. The third-order valence-corrected chi connectivity index (χ3v) is 8.40. The summed E-state index contributed by atoms with van der Waals surface area (Å²) in [4.78, 5) is 62.0. The van der Waals surface area contributed by atoms with Gasteiger partial charge in [0.2, 0.25) is 11.9 Å². The van der Waals surface area contributed by atoms with Gasteiger partial charge in [-0.2, -0.15) is 28.1 Å². The molecule has 1 heterocycles. The summed E-state index contributed by atoms with van der Waals surface area (Å²) in [6.45, 7) is 3.74. The number of nitrogens with zero attached hydrogens (tertiary/aromatic N) is 3. The van der Waals surface area contributed by atoms with Crippen molar-refractivity contribution < 1.29 is 42.2 Å². The van der Waals surface area contributed by atoms with E-state index < -0.39 is 60.6 Å². The molecule has 14 nitrogen and oxygen atoms in total. The van der Waals surface area contributed by atoms with Gasteiger partial charge in [0.15, 0.2) is 6.61 Å². The molecule has 6 N–H and O–H groups in total. The van der Waals surface area contributed by atoms with Crippen LogP contribution in [0.25, 0.3) is 0 Å². The molecule has 1 atom stereocenters. The highest BCUT2D eigenvalue weighted by Crippen LogP contribution is 2.48. The summed E-state index contributed by atoms with van der Waals surface area (Å²) in [5, 5.41) is 23.2. The number of aromatic nitrogens is 3. The highest BCUT2D eigenvalue weighted by molar-refractivity contribution is 6.39. The first kappa shape index (κ1) is 39.2. The van der Waals surface area contributed by atoms with E-state index in [2.05, 4.69) is 41.5 Å². The molecule has 0 saturated heterocycles. The van der Waals surface area contributed by atoms with E-state index in [1.807, 2.05) is 39.0 Å². The Bertz CT molecular complexity index is 2020. The number of benzene rings is 3. The number of aliphatic carboxylic acids is 1. The second-order valence-electron chi connectivity index (χ2n) is 13.4. The first-order valence-electron chi connectivity index (χ1n) is 16.5. The van der Waals surface area contributed by atoms with Crippen molar-refractivity contribution in [1.82, 2.24) is 25.6 Å². The Morgan fingerprint density at radius 3 is 2.17 bits per heavy atom. The number of ether oxygens (including phenoxy) is 1. The third kappa shape index (κ3) is 10.8. The molecular formula is C36H36ClF3N8O6. The molecule has 3 amide bonds. The summed E-state index contributed by atoms with van der Waals surface area (Å²) < 4.78 is 43.6. The van der Waals surface area contributed by atoms with E-state index in [4.69, 9.17) is 16.3 Å². The number of rotatable bonds is 13. The molecule has 54 heavy (non-hydrogen) atoms. The van der Waals surface area contributed by atoms with Crippen LogP contribution >= 0.6 is 11.6 Å². The lowest BCUT2D eigenvalue weighted by Crippen LogP contribution is -2.50. The van der Waals surface area contributed by atoms with E-state index in [1.54, 1.807) is 30.3 Å². The van der Waals surface area contributed by atoms with Crippen molar-refractivity contribution in [3.05, 3.63) is 94.5 Å². The zero-order valence-corrected chi connectivity index (χ0v) is 29.9. The second kappa shape index (κ2) is 16.0. The highest BCUT2D eigenvalue weighted by atomic mass is 35.5. The number of carboxylic acids is 1. The molecule has 0 radical (unpaired) electrons. The smallest absolute Gasteiger partial charge is 0.422 e. The van der Waals surface area contributed by atoms with Gasteiger partial charge >= 0.3 is 30.0 Å². The molecule has 1 fully saturated rings. The quantitative estimate of drug-likeness (QED) is 0.0934. The molecule has 284 valence electrons. The molecule has 5 rings (SSSR count). The van der Waals surface area contributed by atoms with Gasteiger partial charge in [0.05, 0.1) is 5.54 Å². The lowest BCUT2D eigenvalue weighted by molar-refractivity contribution is -0.154. The Morgan fingerprint density at radius 2 is 1.56 bits per heavy atom. The fraction of sp³-hybridized carbons (Fsp3) is 0.306. The van der Waals surface area contributed by atoms with Crippen molar-refractivity contribution >= 4 is 58.6 Å². The Hall–Kier alpha value is -5.97. The average molecular weight is 769 g/mol. The van der Waals surface area contributed by atoms with E-state index in [0.717, 1.165) is 11.1 Å². The molecule has 1 saturated carbocycles. The summed E-state index contributed by atoms with van der Waals surface area (Å²) in [5.41, 5.74) is 1.75. The zero-order valence-electron chi connectivity index (χ0n) is 29.2. The monoisotopic (exact) mass is 768 g/mol. The summed E-state index contributed by atoms with van der Waals surface area (Å²) >= 11 is 6.02. The topological polar surface area (TPSA) is 197 Å². The number of carboxylic acid groups (broad SMARTS) is 1. The summed E-state index contributed by atoms with van der Waals surface area (Å²) in [6, 6.07) is 17.4. The van der Waals surface area contributed by atoms with Crippen molar-refractivity contribution in [1.29, 1.82) is 0 Å². The maximum Gasteiger partial charge on any atom is 0.422 e. The van der Waals surface area contributed by atoms with E-state index in [1.165, 1.54) is 24.3 Å². The third-order valence-electron chi connectivity index (χ3n) is 8.14. The zero-order chi connectivity index (χ0) is 39.3. The highest BCUT2D eigenvalue weighted by Gasteiger charge is 2.45. The molecule has 1 aliphatic rings. The van der Waals surface area contributed by atoms with Gasteiger partial charge in [-0.3, -0.25) is 14.4 Å². The van der Waals surface area contributed by atoms with Gasteiger partial charge in [-0.05, 0) is 77.9 Å². The summed E-state index contributed by atoms with van der Waals surface area (Å²) in [5.74, 6) is -4.61. The number of amides is 3. The molecule has 1 aliphatic carbocycles. The molecular weight excluding hydrogens is 733 g/mol. The van der Waals surface area contributed by atoms with E-state index in [0.29, 0.717) is 29.2 Å². The van der Waals surface area contributed by atoms with Crippen LogP contribution in [0.1, 0.15) is 55.1 Å². The van der Waals surface area contributed by atoms with Crippen molar-refractivity contribution in [3.8, 4) is 6.01 Å². The van der Waals surface area contributed by atoms with Gasteiger partial charge in [-0.15, -0.1) is 0 Å². The summed E-state index contributed by atoms with van der Waals surface area (Å²) in [7, 11) is 0. The van der Waals surface area contributed by atoms with Gasteiger partial charge in [-0.1, -0.05) is 56.6 Å². The van der Waals surface area contributed by atoms with Crippen LogP contribution in [0.15, 0.2) is 72.8 Å². The molecule has 0 unspecified atom stereocenters.